The molecule has 0 aliphatic heterocycles. The van der Waals surface area contributed by atoms with Crippen LogP contribution in [0.2, 0.25) is 0 Å². The third kappa shape index (κ3) is 14.3. The number of hydrogen-bond donors (Lipinski definition) is 2. The van der Waals surface area contributed by atoms with E-state index in [9.17, 15) is 9.79 Å². The van der Waals surface area contributed by atoms with Crippen LogP contribution in [0.3, 0.4) is 0 Å². The average molecular weight is 579 g/mol. The van der Waals surface area contributed by atoms with Gasteiger partial charge in [0.15, 0.2) is 16.0 Å². The Bertz CT molecular complexity index is 470. The third-order valence-electron chi connectivity index (χ3n) is 6.65. The van der Waals surface area contributed by atoms with E-state index >= 15 is 0 Å². The molecule has 0 radical (unpaired) electrons. The predicted octanol–water partition coefficient (Wildman–Crippen LogP) is 10.4. The summed E-state index contributed by atoms with van der Waals surface area (Å²) < 4.78 is -2.28. The van der Waals surface area contributed by atoms with Crippen molar-refractivity contribution in [1.82, 2.24) is 0 Å². The lowest BCUT2D eigenvalue weighted by molar-refractivity contribution is 0.205. The van der Waals surface area contributed by atoms with E-state index in [1.165, 1.54) is 6.42 Å². The van der Waals surface area contributed by atoms with Crippen LogP contribution < -0.4 is 0 Å². The van der Waals surface area contributed by atoms with Gasteiger partial charge in [-0.3, -0.25) is 0 Å². The summed E-state index contributed by atoms with van der Waals surface area (Å²) in [7, 11) is -1.92. The highest BCUT2D eigenvalue weighted by Gasteiger charge is 2.45. The smallest absolute Gasteiger partial charge is 0.190 e. The minimum Gasteiger partial charge on any atom is -0.350 e. The zero-order chi connectivity index (χ0) is 23.4. The van der Waals surface area contributed by atoms with Crippen molar-refractivity contribution in [2.24, 2.45) is 5.92 Å². The fourth-order valence-corrected chi connectivity index (χ4v) is 7.04. The third-order valence-corrected chi connectivity index (χ3v) is 9.40. The first-order valence-electron chi connectivity index (χ1n) is 11.8. The minimum atomic E-state index is -1.92. The molecule has 2 unspecified atom stereocenters. The molecule has 0 aromatic carbocycles. The zero-order valence-electron chi connectivity index (χ0n) is 18.4. The summed E-state index contributed by atoms with van der Waals surface area (Å²) in [6.07, 6.45) is 18.2. The standard InChI is InChI=1S/C22H39Cl6O2P/c23-21(24,25)17-10-5-1-3-7-13-19-14-8-12-16-20(19,31(29)30)15-9-4-2-6-11-18-22(26,27)28/h19,29-30H,1-18H2. The minimum absolute atomic E-state index is 0.277. The van der Waals surface area contributed by atoms with Crippen LogP contribution in [0.15, 0.2) is 0 Å². The van der Waals surface area contributed by atoms with Gasteiger partial charge in [0, 0.05) is 5.16 Å². The first-order valence-corrected chi connectivity index (χ1v) is 15.3. The molecule has 2 nitrogen and oxygen atoms in total. The number of rotatable bonds is 15. The highest BCUT2D eigenvalue weighted by molar-refractivity contribution is 7.47. The van der Waals surface area contributed by atoms with E-state index in [2.05, 4.69) is 0 Å². The van der Waals surface area contributed by atoms with Crippen LogP contribution in [0.1, 0.15) is 116 Å². The quantitative estimate of drug-likeness (QED) is 0.115. The van der Waals surface area contributed by atoms with Crippen LogP contribution in [0.5, 0.6) is 0 Å². The molecule has 186 valence electrons. The van der Waals surface area contributed by atoms with Crippen molar-refractivity contribution >= 4 is 78.0 Å². The second kappa shape index (κ2) is 16.0. The molecule has 0 aromatic rings. The van der Waals surface area contributed by atoms with Crippen LogP contribution in [0, 0.1) is 5.92 Å². The van der Waals surface area contributed by atoms with Gasteiger partial charge in [0.05, 0.1) is 0 Å². The topological polar surface area (TPSA) is 40.5 Å². The van der Waals surface area contributed by atoms with Gasteiger partial charge in [0.2, 0.25) is 0 Å². The van der Waals surface area contributed by atoms with Gasteiger partial charge in [-0.25, -0.2) is 0 Å². The van der Waals surface area contributed by atoms with Crippen LogP contribution >= 0.6 is 78.0 Å². The first-order chi connectivity index (χ1) is 14.5. The van der Waals surface area contributed by atoms with E-state index in [0.29, 0.717) is 18.8 Å². The summed E-state index contributed by atoms with van der Waals surface area (Å²) in [5.74, 6) is 0.424. The van der Waals surface area contributed by atoms with E-state index in [0.717, 1.165) is 96.3 Å². The molecule has 9 heteroatoms. The van der Waals surface area contributed by atoms with Crippen molar-refractivity contribution in [3.8, 4) is 0 Å². The van der Waals surface area contributed by atoms with Gasteiger partial charge >= 0.3 is 0 Å². The van der Waals surface area contributed by atoms with E-state index in [-0.39, 0.29) is 5.16 Å². The highest BCUT2D eigenvalue weighted by Crippen LogP contribution is 2.58. The summed E-state index contributed by atoms with van der Waals surface area (Å²) >= 11 is 34.8. The fraction of sp³-hybridized carbons (Fsp3) is 1.00. The molecular formula is C22H39Cl6O2P. The molecular weight excluding hydrogens is 540 g/mol. The zero-order valence-corrected chi connectivity index (χ0v) is 23.8. The lowest BCUT2D eigenvalue weighted by Crippen LogP contribution is -2.39. The molecule has 2 atom stereocenters. The predicted molar refractivity (Wildman–Crippen MR) is 141 cm³/mol. The monoisotopic (exact) mass is 576 g/mol. The SMILES string of the molecule is OP(O)C1(CCCCCCCC(Cl)(Cl)Cl)CCCCC1CCCCCCCC(Cl)(Cl)Cl. The maximum atomic E-state index is 10.4. The van der Waals surface area contributed by atoms with Gasteiger partial charge in [-0.15, -0.1) is 0 Å². The van der Waals surface area contributed by atoms with Crippen LogP contribution in [-0.4, -0.2) is 22.5 Å². The van der Waals surface area contributed by atoms with Crippen molar-refractivity contribution in [2.45, 2.75) is 128 Å². The van der Waals surface area contributed by atoms with Gasteiger partial charge in [0.25, 0.3) is 0 Å². The Kier molecular flexibility index (Phi) is 16.0. The first kappa shape index (κ1) is 31.1. The second-order valence-corrected chi connectivity index (χ2v) is 15.6. The van der Waals surface area contributed by atoms with Crippen molar-refractivity contribution in [3.63, 3.8) is 0 Å². The number of unbranched alkanes of at least 4 members (excludes halogenated alkanes) is 8. The van der Waals surface area contributed by atoms with E-state index < -0.39 is 16.0 Å². The van der Waals surface area contributed by atoms with Crippen molar-refractivity contribution in [3.05, 3.63) is 0 Å². The Morgan fingerprint density at radius 1 is 0.677 bits per heavy atom. The summed E-state index contributed by atoms with van der Waals surface area (Å²) in [6, 6.07) is 0. The molecule has 31 heavy (non-hydrogen) atoms. The summed E-state index contributed by atoms with van der Waals surface area (Å²) in [4.78, 5) is 20.8. The lowest BCUT2D eigenvalue weighted by Gasteiger charge is -2.45. The summed E-state index contributed by atoms with van der Waals surface area (Å²) in [6.45, 7) is 0. The van der Waals surface area contributed by atoms with E-state index in [1.807, 2.05) is 0 Å². The molecule has 0 saturated heterocycles. The molecule has 0 aromatic heterocycles. The molecule has 1 saturated carbocycles. The molecule has 0 amide bonds. The van der Waals surface area contributed by atoms with Crippen molar-refractivity contribution < 1.29 is 9.79 Å². The molecule has 2 N–H and O–H groups in total. The Labute approximate surface area is 220 Å². The normalized spacial score (nSPS) is 22.9. The molecule has 0 spiro atoms. The van der Waals surface area contributed by atoms with Gasteiger partial charge in [-0.05, 0) is 57.3 Å². The van der Waals surface area contributed by atoms with Gasteiger partial charge in [0.1, 0.15) is 0 Å². The number of alkyl halides is 6. The van der Waals surface area contributed by atoms with Gasteiger partial charge < -0.3 is 9.79 Å². The van der Waals surface area contributed by atoms with Crippen LogP contribution in [-0.2, 0) is 0 Å². The summed E-state index contributed by atoms with van der Waals surface area (Å²) in [5, 5.41) is -0.277. The van der Waals surface area contributed by atoms with Gasteiger partial charge in [-0.2, -0.15) is 0 Å². The van der Waals surface area contributed by atoms with Crippen molar-refractivity contribution in [2.75, 3.05) is 0 Å². The molecule has 1 fully saturated rings. The molecule has 1 aliphatic rings. The molecule has 0 bridgehead atoms. The number of halogens is 6. The largest absolute Gasteiger partial charge is 0.350 e. The fourth-order valence-electron chi connectivity index (χ4n) is 4.93. The highest BCUT2D eigenvalue weighted by atomic mass is 35.6. The molecule has 0 heterocycles. The van der Waals surface area contributed by atoms with Crippen LogP contribution in [0.25, 0.3) is 0 Å². The Morgan fingerprint density at radius 2 is 1.16 bits per heavy atom. The lowest BCUT2D eigenvalue weighted by atomic mass is 9.73. The Balaban J connectivity index is 2.35. The van der Waals surface area contributed by atoms with Gasteiger partial charge in [-0.1, -0.05) is 134 Å². The molecule has 1 rings (SSSR count). The average Bonchev–Trinajstić information content (AvgIpc) is 2.65. The van der Waals surface area contributed by atoms with Crippen LogP contribution in [0.4, 0.5) is 0 Å². The Morgan fingerprint density at radius 3 is 1.68 bits per heavy atom. The van der Waals surface area contributed by atoms with E-state index in [4.69, 9.17) is 69.6 Å². The second-order valence-electron chi connectivity index (χ2n) is 9.14. The maximum absolute atomic E-state index is 10.4. The Hall–Kier alpha value is 2.09. The molecule has 1 aliphatic carbocycles. The maximum Gasteiger partial charge on any atom is 0.190 e. The summed E-state index contributed by atoms with van der Waals surface area (Å²) in [5.41, 5.74) is 0. The van der Waals surface area contributed by atoms with E-state index in [1.54, 1.807) is 0 Å². The number of hydrogen-bond acceptors (Lipinski definition) is 2. The van der Waals surface area contributed by atoms with Crippen molar-refractivity contribution in [1.29, 1.82) is 0 Å².